The molecule has 0 saturated carbocycles. The largest absolute Gasteiger partial charge is 0.394 e. The summed E-state index contributed by atoms with van der Waals surface area (Å²) in [6, 6.07) is 7.35. The van der Waals surface area contributed by atoms with Gasteiger partial charge in [0.15, 0.2) is 0 Å². The number of nitriles is 1. The number of aliphatic hydroxyl groups excluding tert-OH is 1. The van der Waals surface area contributed by atoms with Crippen LogP contribution >= 0.6 is 0 Å². The monoisotopic (exact) mass is 222 g/mol. The molecule has 0 bridgehead atoms. The summed E-state index contributed by atoms with van der Waals surface area (Å²) >= 11 is 0. The summed E-state index contributed by atoms with van der Waals surface area (Å²) < 4.78 is 13.5. The quantitative estimate of drug-likeness (QED) is 0.816. The fraction of sp³-hybridized carbons (Fsp3) is 0.417. The summed E-state index contributed by atoms with van der Waals surface area (Å²) in [5.74, 6) is -0.421. The Hall–Kier alpha value is -1.44. The molecule has 0 fully saturated rings. The predicted molar refractivity (Wildman–Crippen MR) is 59.1 cm³/mol. The van der Waals surface area contributed by atoms with Gasteiger partial charge in [-0.15, -0.1) is 0 Å². The van der Waals surface area contributed by atoms with Gasteiger partial charge in [0.25, 0.3) is 0 Å². The highest BCUT2D eigenvalue weighted by atomic mass is 19.1. The first-order valence-corrected chi connectivity index (χ1v) is 5.03. The van der Waals surface area contributed by atoms with Crippen LogP contribution in [0.4, 0.5) is 4.39 Å². The van der Waals surface area contributed by atoms with Crippen molar-refractivity contribution >= 4 is 0 Å². The molecule has 1 aromatic rings. The fourth-order valence-corrected chi connectivity index (χ4v) is 1.33. The van der Waals surface area contributed by atoms with Crippen LogP contribution in [0.25, 0.3) is 0 Å². The lowest BCUT2D eigenvalue weighted by atomic mass is 10.0. The third-order valence-electron chi connectivity index (χ3n) is 2.28. The molecule has 1 rings (SSSR count). The van der Waals surface area contributed by atoms with Crippen molar-refractivity contribution < 1.29 is 9.50 Å². The third-order valence-corrected chi connectivity index (χ3v) is 2.28. The summed E-state index contributed by atoms with van der Waals surface area (Å²) in [6.07, 6.45) is 0. The molecule has 1 atom stereocenters. The Morgan fingerprint density at radius 3 is 2.62 bits per heavy atom. The van der Waals surface area contributed by atoms with Crippen molar-refractivity contribution in [3.63, 3.8) is 0 Å². The van der Waals surface area contributed by atoms with E-state index in [1.54, 1.807) is 32.0 Å². The number of hydrogen-bond donors (Lipinski definition) is 2. The Bertz CT molecular complexity index is 398. The van der Waals surface area contributed by atoms with Gasteiger partial charge in [-0.25, -0.2) is 4.39 Å². The lowest BCUT2D eigenvalue weighted by Gasteiger charge is -2.27. The average Bonchev–Trinajstić information content (AvgIpc) is 2.27. The van der Waals surface area contributed by atoms with Gasteiger partial charge in [0, 0.05) is 11.1 Å². The lowest BCUT2D eigenvalue weighted by Crippen LogP contribution is -2.44. The van der Waals surface area contributed by atoms with Gasteiger partial charge < -0.3 is 5.11 Å². The van der Waals surface area contributed by atoms with Crippen LogP contribution in [-0.4, -0.2) is 17.3 Å². The maximum absolute atomic E-state index is 13.5. The first kappa shape index (κ1) is 12.6. The molecule has 0 aliphatic carbocycles. The van der Waals surface area contributed by atoms with Crippen molar-refractivity contribution in [2.45, 2.75) is 25.4 Å². The van der Waals surface area contributed by atoms with Crippen LogP contribution in [0.1, 0.15) is 25.5 Å². The van der Waals surface area contributed by atoms with Crippen LogP contribution in [-0.2, 0) is 0 Å². The number of benzene rings is 1. The first-order chi connectivity index (χ1) is 7.50. The second-order valence-electron chi connectivity index (χ2n) is 4.27. The molecule has 1 aromatic carbocycles. The number of hydrogen-bond acceptors (Lipinski definition) is 3. The van der Waals surface area contributed by atoms with Crippen molar-refractivity contribution in [3.05, 3.63) is 35.6 Å². The molecule has 2 N–H and O–H groups in total. The topological polar surface area (TPSA) is 56.0 Å². The van der Waals surface area contributed by atoms with Crippen molar-refractivity contribution in [3.8, 4) is 6.07 Å². The van der Waals surface area contributed by atoms with Gasteiger partial charge in [0.1, 0.15) is 11.9 Å². The van der Waals surface area contributed by atoms with Gasteiger partial charge >= 0.3 is 0 Å². The summed E-state index contributed by atoms with van der Waals surface area (Å²) in [7, 11) is 0. The minimum absolute atomic E-state index is 0.125. The molecule has 1 unspecified atom stereocenters. The Balaban J connectivity index is 2.93. The molecule has 0 aromatic heterocycles. The minimum atomic E-state index is -0.761. The van der Waals surface area contributed by atoms with Crippen molar-refractivity contribution in [2.24, 2.45) is 0 Å². The Kier molecular flexibility index (Phi) is 3.99. The average molecular weight is 222 g/mol. The maximum atomic E-state index is 13.5. The Morgan fingerprint density at radius 1 is 1.50 bits per heavy atom. The first-order valence-electron chi connectivity index (χ1n) is 5.03. The molecule has 0 heterocycles. The zero-order valence-electron chi connectivity index (χ0n) is 9.37. The number of nitrogens with one attached hydrogen (secondary N) is 1. The highest BCUT2D eigenvalue weighted by Crippen LogP contribution is 2.18. The van der Waals surface area contributed by atoms with Gasteiger partial charge in [-0.05, 0) is 19.9 Å². The van der Waals surface area contributed by atoms with E-state index in [0.29, 0.717) is 5.56 Å². The van der Waals surface area contributed by atoms with E-state index in [4.69, 9.17) is 10.4 Å². The molecule has 0 saturated heterocycles. The Morgan fingerprint density at radius 2 is 2.12 bits per heavy atom. The van der Waals surface area contributed by atoms with E-state index < -0.39 is 17.4 Å². The molecular weight excluding hydrogens is 207 g/mol. The molecule has 86 valence electrons. The van der Waals surface area contributed by atoms with Gasteiger partial charge in [-0.3, -0.25) is 5.32 Å². The van der Waals surface area contributed by atoms with E-state index in [2.05, 4.69) is 5.32 Å². The minimum Gasteiger partial charge on any atom is -0.394 e. The molecular formula is C12H15FN2O. The lowest BCUT2D eigenvalue weighted by molar-refractivity contribution is 0.182. The molecule has 0 amide bonds. The Labute approximate surface area is 94.5 Å². The maximum Gasteiger partial charge on any atom is 0.129 e. The zero-order chi connectivity index (χ0) is 12.2. The van der Waals surface area contributed by atoms with E-state index in [1.807, 2.05) is 6.07 Å². The van der Waals surface area contributed by atoms with E-state index >= 15 is 0 Å². The van der Waals surface area contributed by atoms with Crippen molar-refractivity contribution in [1.82, 2.24) is 5.32 Å². The normalized spacial score (nSPS) is 13.2. The van der Waals surface area contributed by atoms with E-state index in [9.17, 15) is 4.39 Å². The fourth-order valence-electron chi connectivity index (χ4n) is 1.33. The summed E-state index contributed by atoms with van der Waals surface area (Å²) in [5, 5.41) is 21.0. The van der Waals surface area contributed by atoms with Crippen LogP contribution in [0, 0.1) is 17.1 Å². The third kappa shape index (κ3) is 3.02. The second kappa shape index (κ2) is 5.06. The van der Waals surface area contributed by atoms with Gasteiger partial charge in [0.2, 0.25) is 0 Å². The molecule has 3 nitrogen and oxygen atoms in total. The van der Waals surface area contributed by atoms with Crippen molar-refractivity contribution in [2.75, 3.05) is 6.61 Å². The molecule has 16 heavy (non-hydrogen) atoms. The van der Waals surface area contributed by atoms with E-state index in [1.165, 1.54) is 6.07 Å². The number of halogens is 1. The molecule has 0 aliphatic heterocycles. The van der Waals surface area contributed by atoms with E-state index in [0.717, 1.165) is 0 Å². The van der Waals surface area contributed by atoms with Crippen LogP contribution in [0.3, 0.4) is 0 Å². The summed E-state index contributed by atoms with van der Waals surface area (Å²) in [4.78, 5) is 0. The van der Waals surface area contributed by atoms with Gasteiger partial charge in [-0.1, -0.05) is 18.2 Å². The number of rotatable bonds is 4. The van der Waals surface area contributed by atoms with Crippen molar-refractivity contribution in [1.29, 1.82) is 5.26 Å². The highest BCUT2D eigenvalue weighted by Gasteiger charge is 2.23. The molecule has 0 spiro atoms. The summed E-state index contributed by atoms with van der Waals surface area (Å²) in [5.41, 5.74) is -0.325. The predicted octanol–water partition coefficient (Wildman–Crippen LogP) is 1.75. The standard InChI is InChI=1S/C12H15FN2O/c1-12(2,8-16)15-11(7-14)9-5-3-4-6-10(9)13/h3-6,11,15-16H,8H2,1-2H3. The smallest absolute Gasteiger partial charge is 0.129 e. The SMILES string of the molecule is CC(C)(CO)NC(C#N)c1ccccc1F. The number of nitrogens with zero attached hydrogens (tertiary/aromatic N) is 1. The van der Waals surface area contributed by atoms with Gasteiger partial charge in [0.05, 0.1) is 12.7 Å². The second-order valence-corrected chi connectivity index (χ2v) is 4.27. The molecule has 0 radical (unpaired) electrons. The highest BCUT2D eigenvalue weighted by molar-refractivity contribution is 5.26. The zero-order valence-corrected chi connectivity index (χ0v) is 9.37. The van der Waals surface area contributed by atoms with Gasteiger partial charge in [-0.2, -0.15) is 5.26 Å². The van der Waals surface area contributed by atoms with Crippen LogP contribution in [0.5, 0.6) is 0 Å². The van der Waals surface area contributed by atoms with Crippen LogP contribution < -0.4 is 5.32 Å². The van der Waals surface area contributed by atoms with Crippen LogP contribution in [0.2, 0.25) is 0 Å². The molecule has 0 aliphatic rings. The summed E-state index contributed by atoms with van der Waals surface area (Å²) in [6.45, 7) is 3.37. The number of aliphatic hydroxyl groups is 1. The van der Waals surface area contributed by atoms with E-state index in [-0.39, 0.29) is 6.61 Å². The van der Waals surface area contributed by atoms with Crippen LogP contribution in [0.15, 0.2) is 24.3 Å². The molecule has 4 heteroatoms.